The molecule has 94 valence electrons. The highest BCUT2D eigenvalue weighted by atomic mass is 35.5. The molecule has 1 aromatic heterocycles. The van der Waals surface area contributed by atoms with Gasteiger partial charge in [0.2, 0.25) is 5.91 Å². The van der Waals surface area contributed by atoms with Gasteiger partial charge >= 0.3 is 0 Å². The molecule has 1 amide bonds. The van der Waals surface area contributed by atoms with Crippen LogP contribution in [0.25, 0.3) is 0 Å². The lowest BCUT2D eigenvalue weighted by atomic mass is 10.2. The molecule has 0 saturated carbocycles. The highest BCUT2D eigenvalue weighted by molar-refractivity contribution is 6.18. The second kappa shape index (κ2) is 5.51. The summed E-state index contributed by atoms with van der Waals surface area (Å²) in [7, 11) is 1.66. The van der Waals surface area contributed by atoms with E-state index in [0.29, 0.717) is 25.4 Å². The topological polar surface area (TPSA) is 47.4 Å². The summed E-state index contributed by atoms with van der Waals surface area (Å²) in [6.07, 6.45) is 4.00. The van der Waals surface area contributed by atoms with E-state index in [2.05, 4.69) is 5.10 Å². The van der Waals surface area contributed by atoms with Gasteiger partial charge in [-0.2, -0.15) is 5.10 Å². The quantitative estimate of drug-likeness (QED) is 0.754. The molecule has 0 N–H and O–H groups in total. The monoisotopic (exact) mass is 257 g/mol. The van der Waals surface area contributed by atoms with Gasteiger partial charge in [0.25, 0.3) is 0 Å². The van der Waals surface area contributed by atoms with Crippen molar-refractivity contribution in [2.75, 3.05) is 26.1 Å². The van der Waals surface area contributed by atoms with Crippen molar-refractivity contribution in [3.63, 3.8) is 0 Å². The lowest BCUT2D eigenvalue weighted by Crippen LogP contribution is -2.29. The van der Waals surface area contributed by atoms with Crippen LogP contribution in [0.15, 0.2) is 18.5 Å². The Kier molecular flexibility index (Phi) is 4.02. The summed E-state index contributed by atoms with van der Waals surface area (Å²) in [4.78, 5) is 13.6. The second-order valence-corrected chi connectivity index (χ2v) is 4.44. The summed E-state index contributed by atoms with van der Waals surface area (Å²) in [6, 6.07) is 1.96. The zero-order chi connectivity index (χ0) is 12.3. The van der Waals surface area contributed by atoms with Crippen LogP contribution in [0.4, 0.5) is 0 Å². The van der Waals surface area contributed by atoms with E-state index in [1.807, 2.05) is 16.9 Å². The Labute approximate surface area is 105 Å². The number of halogens is 1. The number of ether oxygens (including phenoxy) is 1. The van der Waals surface area contributed by atoms with Gasteiger partial charge < -0.3 is 9.64 Å². The first-order valence-electron chi connectivity index (χ1n) is 5.62. The summed E-state index contributed by atoms with van der Waals surface area (Å²) in [5.41, 5.74) is 0. The van der Waals surface area contributed by atoms with Crippen LogP contribution in [0.3, 0.4) is 0 Å². The van der Waals surface area contributed by atoms with Crippen LogP contribution in [0.1, 0.15) is 12.5 Å². The van der Waals surface area contributed by atoms with Crippen molar-refractivity contribution < 1.29 is 9.53 Å². The molecule has 0 bridgehead atoms. The van der Waals surface area contributed by atoms with E-state index >= 15 is 0 Å². The minimum atomic E-state index is -0.00539. The van der Waals surface area contributed by atoms with Crippen molar-refractivity contribution in [2.45, 2.75) is 18.6 Å². The van der Waals surface area contributed by atoms with Gasteiger partial charge in [-0.3, -0.25) is 9.48 Å². The molecule has 0 radical (unpaired) electrons. The van der Waals surface area contributed by atoms with E-state index < -0.39 is 0 Å². The Morgan fingerprint density at radius 1 is 1.59 bits per heavy atom. The van der Waals surface area contributed by atoms with E-state index in [1.165, 1.54) is 0 Å². The van der Waals surface area contributed by atoms with Crippen LogP contribution in [0, 0.1) is 0 Å². The molecule has 17 heavy (non-hydrogen) atoms. The Balaban J connectivity index is 2.06. The molecule has 1 aliphatic rings. The van der Waals surface area contributed by atoms with Crippen molar-refractivity contribution in [3.8, 4) is 0 Å². The van der Waals surface area contributed by atoms with E-state index in [-0.39, 0.29) is 18.1 Å². The SMILES string of the molecule is COC1CN(C(=O)CCCl)CC1n1cccn1. The molecular weight excluding hydrogens is 242 g/mol. The number of likely N-dealkylation sites (tertiary alicyclic amines) is 1. The Hall–Kier alpha value is -1.07. The molecule has 0 spiro atoms. The molecule has 2 heterocycles. The average Bonchev–Trinajstić information content (AvgIpc) is 2.97. The second-order valence-electron chi connectivity index (χ2n) is 4.07. The number of carbonyl (C=O) groups is 1. The van der Waals surface area contributed by atoms with Gasteiger partial charge in [0.05, 0.1) is 12.1 Å². The predicted molar refractivity (Wildman–Crippen MR) is 64.0 cm³/mol. The third-order valence-corrected chi connectivity index (χ3v) is 3.25. The number of alkyl halides is 1. The Morgan fingerprint density at radius 3 is 3.00 bits per heavy atom. The van der Waals surface area contributed by atoms with Crippen molar-refractivity contribution in [1.29, 1.82) is 0 Å². The summed E-state index contributed by atoms with van der Waals surface area (Å²) in [5.74, 6) is 0.441. The number of rotatable bonds is 4. The minimum Gasteiger partial charge on any atom is -0.377 e. The average molecular weight is 258 g/mol. The highest BCUT2D eigenvalue weighted by Crippen LogP contribution is 2.24. The van der Waals surface area contributed by atoms with Gasteiger partial charge in [-0.1, -0.05) is 0 Å². The van der Waals surface area contributed by atoms with E-state index in [4.69, 9.17) is 16.3 Å². The third kappa shape index (κ3) is 2.61. The number of nitrogens with zero attached hydrogens (tertiary/aromatic N) is 3. The lowest BCUT2D eigenvalue weighted by molar-refractivity contribution is -0.130. The maximum Gasteiger partial charge on any atom is 0.223 e. The largest absolute Gasteiger partial charge is 0.377 e. The number of aromatic nitrogens is 2. The zero-order valence-corrected chi connectivity index (χ0v) is 10.5. The molecule has 1 aromatic rings. The first kappa shape index (κ1) is 12.4. The lowest BCUT2D eigenvalue weighted by Gasteiger charge is -2.16. The number of carbonyl (C=O) groups excluding carboxylic acids is 1. The number of hydrogen-bond donors (Lipinski definition) is 0. The number of hydrogen-bond acceptors (Lipinski definition) is 3. The van der Waals surface area contributed by atoms with Crippen molar-refractivity contribution in [1.82, 2.24) is 14.7 Å². The molecule has 6 heteroatoms. The van der Waals surface area contributed by atoms with Crippen LogP contribution in [-0.2, 0) is 9.53 Å². The smallest absolute Gasteiger partial charge is 0.223 e. The molecule has 1 fully saturated rings. The van der Waals surface area contributed by atoms with Crippen molar-refractivity contribution in [2.24, 2.45) is 0 Å². The molecule has 2 unspecified atom stereocenters. The zero-order valence-electron chi connectivity index (χ0n) is 9.75. The van der Waals surface area contributed by atoms with E-state index in [1.54, 1.807) is 18.2 Å². The van der Waals surface area contributed by atoms with Crippen molar-refractivity contribution >= 4 is 17.5 Å². The number of amides is 1. The van der Waals surface area contributed by atoms with Crippen LogP contribution < -0.4 is 0 Å². The summed E-state index contributed by atoms with van der Waals surface area (Å²) >= 11 is 5.58. The summed E-state index contributed by atoms with van der Waals surface area (Å²) < 4.78 is 7.27. The summed E-state index contributed by atoms with van der Waals surface area (Å²) in [5, 5.41) is 4.21. The van der Waals surface area contributed by atoms with Crippen LogP contribution in [-0.4, -0.2) is 52.8 Å². The van der Waals surface area contributed by atoms with Crippen LogP contribution in [0.2, 0.25) is 0 Å². The van der Waals surface area contributed by atoms with Gasteiger partial charge in [0.15, 0.2) is 0 Å². The predicted octanol–water partition coefficient (Wildman–Crippen LogP) is 0.910. The molecule has 2 atom stereocenters. The molecule has 2 rings (SSSR count). The van der Waals surface area contributed by atoms with E-state index in [9.17, 15) is 4.79 Å². The molecule has 1 aliphatic heterocycles. The fourth-order valence-corrected chi connectivity index (χ4v) is 2.32. The minimum absolute atomic E-state index is 0.00539. The Morgan fingerprint density at radius 2 is 2.41 bits per heavy atom. The summed E-state index contributed by atoms with van der Waals surface area (Å²) in [6.45, 7) is 1.24. The maximum absolute atomic E-state index is 11.8. The standard InChI is InChI=1S/C11H16ClN3O2/c1-17-10-8-14(11(16)3-4-12)7-9(10)15-6-2-5-13-15/h2,5-6,9-10H,3-4,7-8H2,1H3. The van der Waals surface area contributed by atoms with Gasteiger partial charge in [0, 0.05) is 44.9 Å². The first-order valence-corrected chi connectivity index (χ1v) is 6.15. The maximum atomic E-state index is 11.8. The molecule has 5 nitrogen and oxygen atoms in total. The van der Waals surface area contributed by atoms with Crippen LogP contribution in [0.5, 0.6) is 0 Å². The normalized spacial score (nSPS) is 24.2. The van der Waals surface area contributed by atoms with Gasteiger partial charge in [-0.05, 0) is 6.07 Å². The van der Waals surface area contributed by atoms with Gasteiger partial charge in [0.1, 0.15) is 0 Å². The van der Waals surface area contributed by atoms with Gasteiger partial charge in [-0.15, -0.1) is 11.6 Å². The number of methoxy groups -OCH3 is 1. The Bertz CT molecular complexity index is 369. The fourth-order valence-electron chi connectivity index (χ4n) is 2.16. The fraction of sp³-hybridized carbons (Fsp3) is 0.636. The molecule has 0 aromatic carbocycles. The molecule has 0 aliphatic carbocycles. The molecular formula is C11H16ClN3O2. The van der Waals surface area contributed by atoms with E-state index in [0.717, 1.165) is 0 Å². The van der Waals surface area contributed by atoms with Crippen molar-refractivity contribution in [3.05, 3.63) is 18.5 Å². The highest BCUT2D eigenvalue weighted by Gasteiger charge is 2.36. The van der Waals surface area contributed by atoms with Crippen LogP contribution >= 0.6 is 11.6 Å². The first-order chi connectivity index (χ1) is 8.26. The molecule has 1 saturated heterocycles. The third-order valence-electron chi connectivity index (χ3n) is 3.07. The van der Waals surface area contributed by atoms with Gasteiger partial charge in [-0.25, -0.2) is 0 Å².